The highest BCUT2D eigenvalue weighted by Gasteiger charge is 2.19. The Balaban J connectivity index is 4.51. The maximum atomic E-state index is 12.8. The lowest BCUT2D eigenvalue weighted by atomic mass is 10.1. The number of ether oxygens (including phenoxy) is 3. The Hall–Kier alpha value is -3.41. The first-order valence-corrected chi connectivity index (χ1v) is 28.6. The fraction of sp³-hybridized carbons (Fsp3) is 0.726. The Bertz CT molecular complexity index is 1320. The molecule has 0 fully saturated rings. The van der Waals surface area contributed by atoms with Crippen LogP contribution in [0.25, 0.3) is 0 Å². The van der Waals surface area contributed by atoms with Crippen molar-refractivity contribution in [3.63, 3.8) is 0 Å². The van der Waals surface area contributed by atoms with Gasteiger partial charge >= 0.3 is 17.9 Å². The van der Waals surface area contributed by atoms with Gasteiger partial charge in [-0.3, -0.25) is 14.4 Å². The number of esters is 3. The second kappa shape index (κ2) is 56.2. The molecule has 6 heteroatoms. The lowest BCUT2D eigenvalue weighted by Crippen LogP contribution is -2.30. The first-order valence-electron chi connectivity index (χ1n) is 28.6. The predicted octanol–water partition coefficient (Wildman–Crippen LogP) is 19.2. The maximum Gasteiger partial charge on any atom is 0.306 e. The molecule has 0 aromatic rings. The molecule has 0 saturated heterocycles. The normalized spacial score (nSPS) is 12.7. The Morgan fingerprint density at radius 3 is 1.03 bits per heavy atom. The minimum atomic E-state index is -0.812. The smallest absolute Gasteiger partial charge is 0.306 e. The van der Waals surface area contributed by atoms with Crippen molar-refractivity contribution in [3.8, 4) is 0 Å². The molecule has 0 aliphatic carbocycles. The van der Waals surface area contributed by atoms with Gasteiger partial charge in [-0.2, -0.15) is 0 Å². The van der Waals surface area contributed by atoms with Crippen LogP contribution in [-0.4, -0.2) is 37.2 Å². The molecule has 0 radical (unpaired) electrons. The number of allylic oxidation sites excluding steroid dienone is 14. The monoisotopic (exact) mass is 947 g/mol. The van der Waals surface area contributed by atoms with E-state index in [-0.39, 0.29) is 37.5 Å². The zero-order valence-electron chi connectivity index (χ0n) is 44.6. The van der Waals surface area contributed by atoms with Gasteiger partial charge in [-0.1, -0.05) is 228 Å². The molecule has 0 amide bonds. The third-order valence-electron chi connectivity index (χ3n) is 12.1. The van der Waals surface area contributed by atoms with Gasteiger partial charge in [-0.15, -0.1) is 0 Å². The Morgan fingerprint density at radius 1 is 0.309 bits per heavy atom. The molecular weight excluding hydrogens is 841 g/mol. The molecule has 0 spiro atoms. The average molecular weight is 948 g/mol. The van der Waals surface area contributed by atoms with Crippen LogP contribution in [0.5, 0.6) is 0 Å². The van der Waals surface area contributed by atoms with Gasteiger partial charge in [-0.25, -0.2) is 0 Å². The Labute approximate surface area is 420 Å². The van der Waals surface area contributed by atoms with E-state index < -0.39 is 6.10 Å². The van der Waals surface area contributed by atoms with Crippen molar-refractivity contribution in [1.82, 2.24) is 0 Å². The number of unbranched alkanes of at least 4 members (excludes halogenated alkanes) is 27. The fourth-order valence-electron chi connectivity index (χ4n) is 7.77. The van der Waals surface area contributed by atoms with E-state index in [0.717, 1.165) is 77.0 Å². The van der Waals surface area contributed by atoms with Crippen molar-refractivity contribution >= 4 is 17.9 Å². The van der Waals surface area contributed by atoms with Crippen LogP contribution in [-0.2, 0) is 28.6 Å². The Morgan fingerprint density at radius 2 is 0.588 bits per heavy atom. The highest BCUT2D eigenvalue weighted by molar-refractivity contribution is 5.71. The lowest BCUT2D eigenvalue weighted by molar-refractivity contribution is -0.167. The molecule has 0 saturated carbocycles. The number of rotatable bonds is 51. The van der Waals surface area contributed by atoms with Crippen molar-refractivity contribution in [2.24, 2.45) is 0 Å². The predicted molar refractivity (Wildman–Crippen MR) is 293 cm³/mol. The molecule has 390 valence electrons. The van der Waals surface area contributed by atoms with Gasteiger partial charge in [-0.05, 0) is 109 Å². The molecule has 0 rings (SSSR count). The SMILES string of the molecule is CCCCC/C=C\C/C=C\C/C=C\C/C=C\CCCC(=O)OCC(COC(=O)CCCCC/C=C\C=C/CCCCCCCCC)OC(=O)CCCCCCCCC/C=C\CCCCCCCC. The fourth-order valence-corrected chi connectivity index (χ4v) is 7.77. The molecule has 0 aliphatic heterocycles. The van der Waals surface area contributed by atoms with Crippen molar-refractivity contribution in [3.05, 3.63) is 85.1 Å². The van der Waals surface area contributed by atoms with E-state index in [0.29, 0.717) is 19.3 Å². The van der Waals surface area contributed by atoms with Gasteiger partial charge in [0.15, 0.2) is 6.10 Å². The first kappa shape index (κ1) is 64.6. The third-order valence-corrected chi connectivity index (χ3v) is 12.1. The van der Waals surface area contributed by atoms with Gasteiger partial charge in [0, 0.05) is 19.3 Å². The summed E-state index contributed by atoms with van der Waals surface area (Å²) in [7, 11) is 0. The molecule has 0 aliphatic rings. The summed E-state index contributed by atoms with van der Waals surface area (Å²) in [5, 5.41) is 0. The number of hydrogen-bond acceptors (Lipinski definition) is 6. The first-order chi connectivity index (χ1) is 33.5. The van der Waals surface area contributed by atoms with Crippen LogP contribution in [0, 0.1) is 0 Å². The number of carbonyl (C=O) groups excluding carboxylic acids is 3. The molecule has 0 heterocycles. The van der Waals surface area contributed by atoms with E-state index in [9.17, 15) is 14.4 Å². The summed E-state index contributed by atoms with van der Waals surface area (Å²) in [6.45, 7) is 6.54. The van der Waals surface area contributed by atoms with Crippen LogP contribution in [0.15, 0.2) is 85.1 Å². The molecule has 0 aromatic heterocycles. The van der Waals surface area contributed by atoms with Crippen LogP contribution >= 0.6 is 0 Å². The van der Waals surface area contributed by atoms with E-state index in [1.54, 1.807) is 0 Å². The standard InChI is InChI=1S/C62H106O6/c1-4-7-10-13-16-19-22-25-28-31-34-37-40-43-46-49-52-55-61(64)67-58-59(57-66-60(63)54-51-48-45-42-39-36-33-30-27-24-21-18-15-12-9-6-3)68-62(65)56-53-50-47-44-41-38-35-32-29-26-23-20-17-14-11-8-5-2/h16,19,25-26,28-30,33-34,36-37,39,43,46,59H,4-15,17-18,20-24,27,31-32,35,38,40-42,44-45,47-58H2,1-3H3/b19-16-,28-25-,29-26-,33-30-,37-34-,39-36-,46-43-. The molecule has 68 heavy (non-hydrogen) atoms. The summed E-state index contributed by atoms with van der Waals surface area (Å²) >= 11 is 0. The van der Waals surface area contributed by atoms with E-state index in [4.69, 9.17) is 14.2 Å². The van der Waals surface area contributed by atoms with E-state index in [1.165, 1.54) is 148 Å². The lowest BCUT2D eigenvalue weighted by Gasteiger charge is -2.18. The average Bonchev–Trinajstić information content (AvgIpc) is 3.34. The maximum absolute atomic E-state index is 12.8. The van der Waals surface area contributed by atoms with Crippen LogP contribution in [0.3, 0.4) is 0 Å². The molecule has 0 aromatic carbocycles. The van der Waals surface area contributed by atoms with Crippen LogP contribution in [0.4, 0.5) is 0 Å². The zero-order chi connectivity index (χ0) is 49.3. The summed E-state index contributed by atoms with van der Waals surface area (Å²) in [4.78, 5) is 38.1. The number of hydrogen-bond donors (Lipinski definition) is 0. The van der Waals surface area contributed by atoms with Gasteiger partial charge in [0.1, 0.15) is 13.2 Å². The van der Waals surface area contributed by atoms with E-state index in [2.05, 4.69) is 106 Å². The summed E-state index contributed by atoms with van der Waals surface area (Å²) in [6.07, 6.45) is 72.9. The molecular formula is C62H106O6. The second-order valence-electron chi connectivity index (χ2n) is 18.9. The highest BCUT2D eigenvalue weighted by Crippen LogP contribution is 2.14. The largest absolute Gasteiger partial charge is 0.462 e. The van der Waals surface area contributed by atoms with Gasteiger partial charge in [0.05, 0.1) is 0 Å². The van der Waals surface area contributed by atoms with Gasteiger partial charge in [0.2, 0.25) is 0 Å². The highest BCUT2D eigenvalue weighted by atomic mass is 16.6. The summed E-state index contributed by atoms with van der Waals surface area (Å²) < 4.78 is 16.8. The van der Waals surface area contributed by atoms with Crippen LogP contribution in [0.2, 0.25) is 0 Å². The summed E-state index contributed by atoms with van der Waals surface area (Å²) in [5.74, 6) is -0.990. The quantitative estimate of drug-likeness (QED) is 0.0199. The van der Waals surface area contributed by atoms with Crippen LogP contribution < -0.4 is 0 Å². The van der Waals surface area contributed by atoms with Crippen LogP contribution in [0.1, 0.15) is 271 Å². The third kappa shape index (κ3) is 53.5. The van der Waals surface area contributed by atoms with E-state index >= 15 is 0 Å². The zero-order valence-corrected chi connectivity index (χ0v) is 44.6. The van der Waals surface area contributed by atoms with Crippen molar-refractivity contribution in [2.45, 2.75) is 277 Å². The van der Waals surface area contributed by atoms with Gasteiger partial charge in [0.25, 0.3) is 0 Å². The molecule has 1 unspecified atom stereocenters. The number of carbonyl (C=O) groups is 3. The summed E-state index contributed by atoms with van der Waals surface area (Å²) in [5.41, 5.74) is 0. The Kier molecular flexibility index (Phi) is 53.4. The molecule has 0 N–H and O–H groups in total. The second-order valence-corrected chi connectivity index (χ2v) is 18.9. The van der Waals surface area contributed by atoms with Crippen molar-refractivity contribution in [2.75, 3.05) is 13.2 Å². The topological polar surface area (TPSA) is 78.9 Å². The van der Waals surface area contributed by atoms with Crippen molar-refractivity contribution < 1.29 is 28.6 Å². The molecule has 6 nitrogen and oxygen atoms in total. The van der Waals surface area contributed by atoms with E-state index in [1.807, 2.05) is 0 Å². The van der Waals surface area contributed by atoms with Gasteiger partial charge < -0.3 is 14.2 Å². The summed E-state index contributed by atoms with van der Waals surface area (Å²) in [6, 6.07) is 0. The minimum absolute atomic E-state index is 0.109. The molecule has 0 bridgehead atoms. The minimum Gasteiger partial charge on any atom is -0.462 e. The molecule has 1 atom stereocenters. The van der Waals surface area contributed by atoms with Crippen molar-refractivity contribution in [1.29, 1.82) is 0 Å².